The number of carbonyl (C=O) groups is 2. The molecule has 0 amide bonds. The number of nitrogens with zero attached hydrogens (tertiary/aromatic N) is 1. The Hall–Kier alpha value is -2.09. The number of ketones is 1. The molecule has 0 N–H and O–H groups in total. The highest BCUT2D eigenvalue weighted by molar-refractivity contribution is 7.10. The summed E-state index contributed by atoms with van der Waals surface area (Å²) in [6.45, 7) is 2.84. The van der Waals surface area contributed by atoms with Crippen LogP contribution in [0.5, 0.6) is 0 Å². The van der Waals surface area contributed by atoms with Gasteiger partial charge in [0.15, 0.2) is 0 Å². The lowest BCUT2D eigenvalue weighted by Gasteiger charge is -2.37. The van der Waals surface area contributed by atoms with Crippen LogP contribution in [0.25, 0.3) is 0 Å². The third-order valence-electron chi connectivity index (χ3n) is 6.39. The number of aliphatic imine (C=N–C) groups is 1. The lowest BCUT2D eigenvalue weighted by Crippen LogP contribution is -2.41. The van der Waals surface area contributed by atoms with Crippen molar-refractivity contribution in [2.45, 2.75) is 50.5 Å². The number of hydrogen-bond acceptors (Lipinski definition) is 7. The highest BCUT2D eigenvalue weighted by Crippen LogP contribution is 2.47. The van der Waals surface area contributed by atoms with Crippen LogP contribution in [0.4, 0.5) is 0 Å². The molecule has 4 atom stereocenters. The van der Waals surface area contributed by atoms with E-state index in [0.717, 1.165) is 36.5 Å². The van der Waals surface area contributed by atoms with Crippen LogP contribution in [-0.4, -0.2) is 36.8 Å². The number of hydrogen-bond donors (Lipinski definition) is 0. The van der Waals surface area contributed by atoms with Crippen molar-refractivity contribution >= 4 is 40.1 Å². The standard InChI is InChI=1S/C24H25NO4S2/c1-14-21(24(27)29-13-16-5-2-8-28-16)23(20-7-4-10-31-20)22-17(25-14)11-15(12-18(22)26)19-6-3-9-30-19/h3-4,6-7,9-10,15-16,22-23H,2,5,8,11-13H2,1H3/t15-,16+,22+,23-/m1/s1. The average Bonchev–Trinajstić information content (AvgIpc) is 3.54. The lowest BCUT2D eigenvalue weighted by atomic mass is 9.68. The summed E-state index contributed by atoms with van der Waals surface area (Å²) >= 11 is 3.27. The molecule has 1 saturated carbocycles. The fraction of sp³-hybridized carbons (Fsp3) is 0.458. The predicted molar refractivity (Wildman–Crippen MR) is 122 cm³/mol. The summed E-state index contributed by atoms with van der Waals surface area (Å²) in [5, 5.41) is 4.05. The SMILES string of the molecule is CC1=C(C(=O)OC[C@@H]2CCCO2)[C@@H](c2cccs2)[C@@H]2C(=O)C[C@H](c3cccs3)CC2=N1. The summed E-state index contributed by atoms with van der Waals surface area (Å²) in [6.07, 6.45) is 3.12. The van der Waals surface area contributed by atoms with Crippen molar-refractivity contribution in [3.8, 4) is 0 Å². The predicted octanol–water partition coefficient (Wildman–Crippen LogP) is 5.11. The van der Waals surface area contributed by atoms with Crippen LogP contribution in [0.15, 0.2) is 51.3 Å². The van der Waals surface area contributed by atoms with Crippen molar-refractivity contribution in [1.29, 1.82) is 0 Å². The zero-order valence-electron chi connectivity index (χ0n) is 17.4. The van der Waals surface area contributed by atoms with Gasteiger partial charge in [0, 0.05) is 46.0 Å². The van der Waals surface area contributed by atoms with Gasteiger partial charge in [-0.05, 0) is 49.1 Å². The normalized spacial score (nSPS) is 28.4. The minimum absolute atomic E-state index is 0.0319. The Morgan fingerprint density at radius 2 is 1.94 bits per heavy atom. The van der Waals surface area contributed by atoms with Crippen LogP contribution < -0.4 is 0 Å². The van der Waals surface area contributed by atoms with Gasteiger partial charge in [-0.1, -0.05) is 12.1 Å². The average molecular weight is 456 g/mol. The first-order valence-corrected chi connectivity index (χ1v) is 12.5. The molecule has 0 spiro atoms. The van der Waals surface area contributed by atoms with Gasteiger partial charge in [0.1, 0.15) is 12.4 Å². The van der Waals surface area contributed by atoms with Crippen molar-refractivity contribution in [1.82, 2.24) is 0 Å². The second-order valence-electron chi connectivity index (χ2n) is 8.39. The number of carbonyl (C=O) groups excluding carboxylic acids is 2. The van der Waals surface area contributed by atoms with E-state index < -0.39 is 0 Å². The van der Waals surface area contributed by atoms with E-state index in [2.05, 4.69) is 11.4 Å². The van der Waals surface area contributed by atoms with Crippen LogP contribution >= 0.6 is 22.7 Å². The largest absolute Gasteiger partial charge is 0.460 e. The van der Waals surface area contributed by atoms with Crippen LogP contribution in [0.3, 0.4) is 0 Å². The Morgan fingerprint density at radius 1 is 1.16 bits per heavy atom. The molecule has 1 saturated heterocycles. The summed E-state index contributed by atoms with van der Waals surface area (Å²) in [7, 11) is 0. The maximum atomic E-state index is 13.4. The summed E-state index contributed by atoms with van der Waals surface area (Å²) in [6, 6.07) is 8.11. The number of ether oxygens (including phenoxy) is 2. The number of thiophene rings is 2. The van der Waals surface area contributed by atoms with Crippen molar-refractivity contribution in [2.24, 2.45) is 10.9 Å². The fourth-order valence-corrected chi connectivity index (χ4v) is 6.67. The second-order valence-corrected chi connectivity index (χ2v) is 10.4. The van der Waals surface area contributed by atoms with Crippen LogP contribution in [0.1, 0.15) is 54.2 Å². The van der Waals surface area contributed by atoms with E-state index in [4.69, 9.17) is 14.5 Å². The molecule has 2 aromatic rings. The summed E-state index contributed by atoms with van der Waals surface area (Å²) in [5.41, 5.74) is 2.10. The van der Waals surface area contributed by atoms with Crippen molar-refractivity contribution in [3.05, 3.63) is 56.1 Å². The maximum Gasteiger partial charge on any atom is 0.336 e. The molecule has 5 rings (SSSR count). The molecule has 3 aliphatic rings. The van der Waals surface area contributed by atoms with Gasteiger partial charge in [0.05, 0.1) is 17.6 Å². The van der Waals surface area contributed by atoms with Gasteiger partial charge in [-0.25, -0.2) is 4.79 Å². The summed E-state index contributed by atoms with van der Waals surface area (Å²) < 4.78 is 11.3. The van der Waals surface area contributed by atoms with Gasteiger partial charge in [-0.3, -0.25) is 9.79 Å². The van der Waals surface area contributed by atoms with Gasteiger partial charge < -0.3 is 9.47 Å². The van der Waals surface area contributed by atoms with E-state index in [1.54, 1.807) is 22.7 Å². The van der Waals surface area contributed by atoms with Gasteiger partial charge in [0.2, 0.25) is 0 Å². The topological polar surface area (TPSA) is 65.0 Å². The smallest absolute Gasteiger partial charge is 0.336 e. The molecule has 2 aliphatic heterocycles. The first kappa shape index (κ1) is 20.8. The Kier molecular flexibility index (Phi) is 5.91. The second kappa shape index (κ2) is 8.81. The molecular formula is C24H25NO4S2. The molecule has 31 heavy (non-hydrogen) atoms. The number of fused-ring (bicyclic) bond motifs is 1. The lowest BCUT2D eigenvalue weighted by molar-refractivity contribution is -0.142. The Bertz CT molecular complexity index is 1020. The number of Topliss-reactive ketones (excluding diaryl/α,β-unsaturated/α-hetero) is 1. The number of rotatable bonds is 5. The molecular weight excluding hydrogens is 430 g/mol. The first-order chi connectivity index (χ1) is 15.1. The zero-order valence-corrected chi connectivity index (χ0v) is 19.0. The first-order valence-electron chi connectivity index (χ1n) is 10.8. The van der Waals surface area contributed by atoms with E-state index in [-0.39, 0.29) is 42.2 Å². The highest BCUT2D eigenvalue weighted by Gasteiger charge is 2.46. The molecule has 0 unspecified atom stereocenters. The van der Waals surface area contributed by atoms with E-state index >= 15 is 0 Å². The minimum Gasteiger partial charge on any atom is -0.460 e. The molecule has 0 radical (unpaired) electrons. The molecule has 2 fully saturated rings. The molecule has 7 heteroatoms. The van der Waals surface area contributed by atoms with Crippen molar-refractivity contribution in [2.75, 3.05) is 13.2 Å². The van der Waals surface area contributed by atoms with E-state index in [9.17, 15) is 9.59 Å². The highest BCUT2D eigenvalue weighted by atomic mass is 32.1. The molecule has 0 bridgehead atoms. The van der Waals surface area contributed by atoms with Crippen LogP contribution in [0, 0.1) is 5.92 Å². The third-order valence-corrected chi connectivity index (χ3v) is 8.38. The number of esters is 1. The monoisotopic (exact) mass is 455 g/mol. The van der Waals surface area contributed by atoms with Gasteiger partial charge in [-0.2, -0.15) is 0 Å². The van der Waals surface area contributed by atoms with Crippen molar-refractivity contribution < 1.29 is 19.1 Å². The molecule has 5 nitrogen and oxygen atoms in total. The van der Waals surface area contributed by atoms with E-state index in [1.165, 1.54) is 4.88 Å². The Morgan fingerprint density at radius 3 is 2.61 bits per heavy atom. The molecule has 162 valence electrons. The van der Waals surface area contributed by atoms with E-state index in [0.29, 0.717) is 17.7 Å². The molecule has 1 aliphatic carbocycles. The van der Waals surface area contributed by atoms with Gasteiger partial charge >= 0.3 is 5.97 Å². The van der Waals surface area contributed by atoms with Crippen LogP contribution in [-0.2, 0) is 19.1 Å². The van der Waals surface area contributed by atoms with Crippen molar-refractivity contribution in [3.63, 3.8) is 0 Å². The number of allylic oxidation sites excluding steroid dienone is 1. The maximum absolute atomic E-state index is 13.4. The fourth-order valence-electron chi connectivity index (χ4n) is 4.96. The molecule has 0 aromatic carbocycles. The van der Waals surface area contributed by atoms with E-state index in [1.807, 2.05) is 30.5 Å². The summed E-state index contributed by atoms with van der Waals surface area (Å²) in [5.74, 6) is -0.737. The Balaban J connectivity index is 1.47. The molecule has 2 aromatic heterocycles. The zero-order chi connectivity index (χ0) is 21.4. The third kappa shape index (κ3) is 4.06. The summed E-state index contributed by atoms with van der Waals surface area (Å²) in [4.78, 5) is 33.7. The van der Waals surface area contributed by atoms with Gasteiger partial charge in [0.25, 0.3) is 0 Å². The van der Waals surface area contributed by atoms with Gasteiger partial charge in [-0.15, -0.1) is 22.7 Å². The van der Waals surface area contributed by atoms with Crippen LogP contribution in [0.2, 0.25) is 0 Å². The molecule has 4 heterocycles. The Labute approximate surface area is 189 Å². The quantitative estimate of drug-likeness (QED) is 0.588. The minimum atomic E-state index is -0.385.